The highest BCUT2D eigenvalue weighted by atomic mass is 127. The van der Waals surface area contributed by atoms with Crippen LogP contribution in [0.25, 0.3) is 0 Å². The maximum atomic E-state index is 11.3. The number of carbonyl (C=O) groups excluding carboxylic acids is 1. The van der Waals surface area contributed by atoms with Gasteiger partial charge in [0.15, 0.2) is 5.96 Å². The average molecular weight is 489 g/mol. The Bertz CT molecular complexity index is 562. The highest BCUT2D eigenvalue weighted by molar-refractivity contribution is 14.0. The Balaban J connectivity index is 0.00000364. The molecule has 1 aliphatic rings. The number of nitrogens with one attached hydrogen (secondary N) is 2. The molecule has 2 N–H and O–H groups in total. The maximum absolute atomic E-state index is 11.3. The SMILES string of the molecule is CN=C(NCCCOc1ccccc1)NCCN1CCN(C(C)=O)CC1.I. The van der Waals surface area contributed by atoms with Crippen LogP contribution in [-0.2, 0) is 4.79 Å². The van der Waals surface area contributed by atoms with Crippen LogP contribution < -0.4 is 15.4 Å². The molecule has 1 saturated heterocycles. The van der Waals surface area contributed by atoms with Gasteiger partial charge in [-0.2, -0.15) is 0 Å². The fourth-order valence-corrected chi connectivity index (χ4v) is 2.83. The molecular formula is C19H32IN5O2. The summed E-state index contributed by atoms with van der Waals surface area (Å²) in [7, 11) is 1.78. The first-order valence-electron chi connectivity index (χ1n) is 9.29. The van der Waals surface area contributed by atoms with Crippen LogP contribution in [0.15, 0.2) is 35.3 Å². The number of ether oxygens (including phenoxy) is 1. The summed E-state index contributed by atoms with van der Waals surface area (Å²) in [5.41, 5.74) is 0. The van der Waals surface area contributed by atoms with Crippen molar-refractivity contribution in [2.24, 2.45) is 4.99 Å². The number of piperazine rings is 1. The number of rotatable bonds is 8. The summed E-state index contributed by atoms with van der Waals surface area (Å²) in [4.78, 5) is 19.9. The predicted octanol–water partition coefficient (Wildman–Crippen LogP) is 1.40. The molecule has 8 heteroatoms. The smallest absolute Gasteiger partial charge is 0.219 e. The molecule has 0 atom stereocenters. The fourth-order valence-electron chi connectivity index (χ4n) is 2.83. The summed E-state index contributed by atoms with van der Waals surface area (Å²) >= 11 is 0. The molecule has 152 valence electrons. The van der Waals surface area contributed by atoms with E-state index in [0.29, 0.717) is 6.61 Å². The van der Waals surface area contributed by atoms with E-state index in [4.69, 9.17) is 4.74 Å². The minimum absolute atomic E-state index is 0. The standard InChI is InChI=1S/C19H31N5O2.HI/c1-17(25)24-14-12-23(13-15-24)11-10-22-19(20-2)21-9-6-16-26-18-7-4-3-5-8-18;/h3-5,7-8H,6,9-16H2,1-2H3,(H2,20,21,22);1H. The molecule has 0 radical (unpaired) electrons. The van der Waals surface area contributed by atoms with Crippen molar-refractivity contribution >= 4 is 35.8 Å². The Morgan fingerprint density at radius 2 is 1.78 bits per heavy atom. The normalized spacial score (nSPS) is 15.0. The summed E-state index contributed by atoms with van der Waals surface area (Å²) in [6, 6.07) is 9.85. The first-order valence-corrected chi connectivity index (χ1v) is 9.29. The second-order valence-electron chi connectivity index (χ2n) is 6.29. The Kier molecular flexibility index (Phi) is 11.8. The molecule has 1 amide bonds. The third-order valence-corrected chi connectivity index (χ3v) is 4.39. The Morgan fingerprint density at radius 1 is 1.11 bits per heavy atom. The van der Waals surface area contributed by atoms with Crippen molar-refractivity contribution in [1.29, 1.82) is 0 Å². The van der Waals surface area contributed by atoms with E-state index in [-0.39, 0.29) is 29.9 Å². The van der Waals surface area contributed by atoms with E-state index >= 15 is 0 Å². The number of hydrogen-bond donors (Lipinski definition) is 2. The van der Waals surface area contributed by atoms with Crippen LogP contribution in [0.4, 0.5) is 0 Å². The Labute approximate surface area is 179 Å². The zero-order valence-electron chi connectivity index (χ0n) is 16.3. The van der Waals surface area contributed by atoms with Crippen molar-refractivity contribution in [2.75, 3.05) is 59.5 Å². The lowest BCUT2D eigenvalue weighted by atomic mass is 10.3. The van der Waals surface area contributed by atoms with E-state index in [1.807, 2.05) is 35.2 Å². The molecule has 1 aromatic rings. The Morgan fingerprint density at radius 3 is 2.41 bits per heavy atom. The van der Waals surface area contributed by atoms with Crippen LogP contribution in [-0.4, -0.2) is 81.1 Å². The topological polar surface area (TPSA) is 69.2 Å². The lowest BCUT2D eigenvalue weighted by Gasteiger charge is -2.34. The van der Waals surface area contributed by atoms with E-state index < -0.39 is 0 Å². The second-order valence-corrected chi connectivity index (χ2v) is 6.29. The molecule has 0 unspecified atom stereocenters. The van der Waals surface area contributed by atoms with E-state index in [1.54, 1.807) is 14.0 Å². The van der Waals surface area contributed by atoms with Gasteiger partial charge < -0.3 is 20.3 Å². The molecule has 27 heavy (non-hydrogen) atoms. The van der Waals surface area contributed by atoms with E-state index in [1.165, 1.54) is 0 Å². The van der Waals surface area contributed by atoms with E-state index in [0.717, 1.165) is 63.9 Å². The van der Waals surface area contributed by atoms with Gasteiger partial charge in [-0.25, -0.2) is 0 Å². The third-order valence-electron chi connectivity index (χ3n) is 4.39. The zero-order valence-corrected chi connectivity index (χ0v) is 18.6. The number of amides is 1. The van der Waals surface area contributed by atoms with Crippen molar-refractivity contribution in [2.45, 2.75) is 13.3 Å². The molecule has 1 aliphatic heterocycles. The quantitative estimate of drug-likeness (QED) is 0.250. The van der Waals surface area contributed by atoms with Gasteiger partial charge in [-0.1, -0.05) is 18.2 Å². The van der Waals surface area contributed by atoms with Gasteiger partial charge in [-0.15, -0.1) is 24.0 Å². The maximum Gasteiger partial charge on any atom is 0.219 e. The largest absolute Gasteiger partial charge is 0.494 e. The third kappa shape index (κ3) is 9.28. The highest BCUT2D eigenvalue weighted by Crippen LogP contribution is 2.08. The predicted molar refractivity (Wildman–Crippen MR) is 120 cm³/mol. The molecule has 1 fully saturated rings. The van der Waals surface area contributed by atoms with E-state index in [9.17, 15) is 4.79 Å². The van der Waals surface area contributed by atoms with Crippen LogP contribution in [0.2, 0.25) is 0 Å². The van der Waals surface area contributed by atoms with E-state index in [2.05, 4.69) is 20.5 Å². The molecule has 0 saturated carbocycles. The lowest BCUT2D eigenvalue weighted by Crippen LogP contribution is -2.50. The van der Waals surface area contributed by atoms with Gasteiger partial charge in [0.25, 0.3) is 0 Å². The zero-order chi connectivity index (χ0) is 18.6. The molecule has 0 aliphatic carbocycles. The molecule has 0 spiro atoms. The average Bonchev–Trinajstić information content (AvgIpc) is 2.67. The first kappa shape index (κ1) is 23.5. The first-order chi connectivity index (χ1) is 12.7. The van der Waals surface area contributed by atoms with Gasteiger partial charge >= 0.3 is 0 Å². The van der Waals surface area contributed by atoms with Gasteiger partial charge in [0.1, 0.15) is 5.75 Å². The van der Waals surface area contributed by atoms with Gasteiger partial charge in [-0.3, -0.25) is 14.7 Å². The number of benzene rings is 1. The van der Waals surface area contributed by atoms with Crippen LogP contribution in [0.3, 0.4) is 0 Å². The van der Waals surface area contributed by atoms with Crippen molar-refractivity contribution in [1.82, 2.24) is 20.4 Å². The molecule has 1 aromatic carbocycles. The van der Waals surface area contributed by atoms with Crippen LogP contribution >= 0.6 is 24.0 Å². The number of nitrogens with zero attached hydrogens (tertiary/aromatic N) is 3. The molecule has 7 nitrogen and oxygen atoms in total. The van der Waals surface area contributed by atoms with Crippen molar-refractivity contribution in [3.05, 3.63) is 30.3 Å². The molecular weight excluding hydrogens is 457 g/mol. The van der Waals surface area contributed by atoms with Crippen LogP contribution in [0.1, 0.15) is 13.3 Å². The summed E-state index contributed by atoms with van der Waals surface area (Å²) in [5, 5.41) is 6.64. The lowest BCUT2D eigenvalue weighted by molar-refractivity contribution is -0.130. The van der Waals surface area contributed by atoms with Crippen molar-refractivity contribution < 1.29 is 9.53 Å². The molecule has 1 heterocycles. The summed E-state index contributed by atoms with van der Waals surface area (Å²) in [5.74, 6) is 1.88. The van der Waals surface area contributed by atoms with Crippen LogP contribution in [0, 0.1) is 0 Å². The number of aliphatic imine (C=N–C) groups is 1. The van der Waals surface area contributed by atoms with Gasteiger partial charge in [-0.05, 0) is 18.6 Å². The van der Waals surface area contributed by atoms with Crippen LogP contribution in [0.5, 0.6) is 5.75 Å². The summed E-state index contributed by atoms with van der Waals surface area (Å²) in [6.45, 7) is 8.42. The minimum atomic E-state index is 0. The fraction of sp³-hybridized carbons (Fsp3) is 0.579. The number of halogens is 1. The second kappa shape index (κ2) is 13.6. The summed E-state index contributed by atoms with van der Waals surface area (Å²) < 4.78 is 5.67. The number of carbonyl (C=O) groups is 1. The van der Waals surface area contributed by atoms with Crippen molar-refractivity contribution in [3.8, 4) is 5.75 Å². The number of hydrogen-bond acceptors (Lipinski definition) is 4. The monoisotopic (exact) mass is 489 g/mol. The van der Waals surface area contributed by atoms with Gasteiger partial charge in [0.2, 0.25) is 5.91 Å². The minimum Gasteiger partial charge on any atom is -0.494 e. The molecule has 0 bridgehead atoms. The Hall–Kier alpha value is -1.55. The van der Waals surface area contributed by atoms with Gasteiger partial charge in [0, 0.05) is 59.8 Å². The van der Waals surface area contributed by atoms with Crippen molar-refractivity contribution in [3.63, 3.8) is 0 Å². The molecule has 2 rings (SSSR count). The van der Waals surface area contributed by atoms with Gasteiger partial charge in [0.05, 0.1) is 6.61 Å². The number of para-hydroxylation sites is 1. The molecule has 0 aromatic heterocycles. The summed E-state index contributed by atoms with van der Waals surface area (Å²) in [6.07, 6.45) is 0.905. The number of guanidine groups is 1. The highest BCUT2D eigenvalue weighted by Gasteiger charge is 2.17.